The van der Waals surface area contributed by atoms with Crippen molar-refractivity contribution in [2.24, 2.45) is 0 Å². The van der Waals surface area contributed by atoms with Gasteiger partial charge in [0.25, 0.3) is 11.8 Å². The van der Waals surface area contributed by atoms with Crippen molar-refractivity contribution in [3.63, 3.8) is 0 Å². The first kappa shape index (κ1) is 15.4. The quantitative estimate of drug-likeness (QED) is 0.567. The molecular formula is C13H18N2O3S2. The third-order valence-corrected chi connectivity index (χ3v) is 6.22. The van der Waals surface area contributed by atoms with Gasteiger partial charge >= 0.3 is 0 Å². The molecule has 0 spiro atoms. The molecule has 0 aromatic carbocycles. The van der Waals surface area contributed by atoms with E-state index in [2.05, 4.69) is 5.32 Å². The maximum Gasteiger partial charge on any atom is 0.253 e. The van der Waals surface area contributed by atoms with Gasteiger partial charge in [0.2, 0.25) is 5.91 Å². The van der Waals surface area contributed by atoms with Gasteiger partial charge < -0.3 is 5.32 Å². The number of nitrogens with one attached hydrogen (secondary N) is 1. The number of imide groups is 1. The van der Waals surface area contributed by atoms with E-state index in [-0.39, 0.29) is 24.3 Å². The van der Waals surface area contributed by atoms with Crippen molar-refractivity contribution in [3.8, 4) is 0 Å². The van der Waals surface area contributed by atoms with E-state index in [1.54, 1.807) is 0 Å². The predicted octanol–water partition coefficient (Wildman–Crippen LogP) is 1.35. The molecule has 2 heterocycles. The Bertz CT molecular complexity index is 402. The van der Waals surface area contributed by atoms with Crippen molar-refractivity contribution < 1.29 is 14.4 Å². The molecule has 0 aliphatic carbocycles. The maximum atomic E-state index is 11.6. The highest BCUT2D eigenvalue weighted by molar-refractivity contribution is 8.77. The molecule has 1 N–H and O–H groups in total. The van der Waals surface area contributed by atoms with Gasteiger partial charge in [-0.2, -0.15) is 0 Å². The van der Waals surface area contributed by atoms with E-state index in [0.29, 0.717) is 18.2 Å². The summed E-state index contributed by atoms with van der Waals surface area (Å²) < 4.78 is 0. The molecule has 1 atom stereocenters. The Morgan fingerprint density at radius 2 is 2.10 bits per heavy atom. The normalized spacial score (nSPS) is 21.8. The van der Waals surface area contributed by atoms with Crippen LogP contribution in [0.3, 0.4) is 0 Å². The minimum absolute atomic E-state index is 0.00676. The summed E-state index contributed by atoms with van der Waals surface area (Å²) in [6.07, 6.45) is 6.24. The van der Waals surface area contributed by atoms with Crippen LogP contribution in [-0.2, 0) is 14.4 Å². The minimum Gasteiger partial charge on any atom is -0.354 e. The van der Waals surface area contributed by atoms with Crippen LogP contribution in [0.15, 0.2) is 12.2 Å². The Morgan fingerprint density at radius 3 is 2.75 bits per heavy atom. The molecule has 1 unspecified atom stereocenters. The molecule has 7 heteroatoms. The lowest BCUT2D eigenvalue weighted by Gasteiger charge is -2.14. The van der Waals surface area contributed by atoms with Crippen molar-refractivity contribution >= 4 is 39.3 Å². The second-order valence-corrected chi connectivity index (χ2v) is 7.52. The van der Waals surface area contributed by atoms with E-state index in [9.17, 15) is 14.4 Å². The van der Waals surface area contributed by atoms with Crippen molar-refractivity contribution in [1.82, 2.24) is 10.2 Å². The van der Waals surface area contributed by atoms with Crippen LogP contribution in [0, 0.1) is 0 Å². The van der Waals surface area contributed by atoms with E-state index < -0.39 is 0 Å². The summed E-state index contributed by atoms with van der Waals surface area (Å²) in [5.74, 6) is 0.598. The number of carbonyl (C=O) groups is 3. The molecule has 3 amide bonds. The molecule has 1 fully saturated rings. The predicted molar refractivity (Wildman–Crippen MR) is 81.2 cm³/mol. The van der Waals surface area contributed by atoms with Crippen molar-refractivity contribution in [3.05, 3.63) is 12.2 Å². The molecule has 2 rings (SSSR count). The van der Waals surface area contributed by atoms with Crippen molar-refractivity contribution in [1.29, 1.82) is 0 Å². The van der Waals surface area contributed by atoms with E-state index in [0.717, 1.165) is 17.7 Å². The van der Waals surface area contributed by atoms with Gasteiger partial charge in [0.05, 0.1) is 0 Å². The number of hydrogen-bond acceptors (Lipinski definition) is 5. The SMILES string of the molecule is O=C(CCCC1CCSS1)NCCN1C(=O)C=CC1=O. The third-order valence-electron chi connectivity index (χ3n) is 3.22. The van der Waals surface area contributed by atoms with Gasteiger partial charge in [-0.1, -0.05) is 21.6 Å². The summed E-state index contributed by atoms with van der Waals surface area (Å²) in [6.45, 7) is 0.567. The van der Waals surface area contributed by atoms with Crippen LogP contribution >= 0.6 is 21.6 Å². The molecule has 5 nitrogen and oxygen atoms in total. The number of hydrogen-bond donors (Lipinski definition) is 1. The lowest BCUT2D eigenvalue weighted by Crippen LogP contribution is -2.38. The largest absolute Gasteiger partial charge is 0.354 e. The van der Waals surface area contributed by atoms with Crippen LogP contribution in [0.5, 0.6) is 0 Å². The highest BCUT2D eigenvalue weighted by atomic mass is 33.1. The first-order valence-electron chi connectivity index (χ1n) is 6.75. The molecule has 0 saturated carbocycles. The lowest BCUT2D eigenvalue weighted by atomic mass is 10.1. The highest BCUT2D eigenvalue weighted by Crippen LogP contribution is 2.39. The molecule has 1 saturated heterocycles. The molecular weight excluding hydrogens is 296 g/mol. The molecule has 2 aliphatic rings. The lowest BCUT2D eigenvalue weighted by molar-refractivity contribution is -0.137. The molecule has 20 heavy (non-hydrogen) atoms. The fraction of sp³-hybridized carbons (Fsp3) is 0.615. The summed E-state index contributed by atoms with van der Waals surface area (Å²) in [7, 11) is 3.84. The number of rotatable bonds is 7. The van der Waals surface area contributed by atoms with E-state index in [4.69, 9.17) is 0 Å². The topological polar surface area (TPSA) is 66.5 Å². The first-order chi connectivity index (χ1) is 9.66. The van der Waals surface area contributed by atoms with Crippen LogP contribution in [0.25, 0.3) is 0 Å². The van der Waals surface area contributed by atoms with Crippen LogP contribution in [0.2, 0.25) is 0 Å². The molecule has 2 aliphatic heterocycles. The molecule has 0 radical (unpaired) electrons. The Kier molecular flexibility index (Phi) is 5.97. The fourth-order valence-corrected chi connectivity index (χ4v) is 5.13. The zero-order valence-electron chi connectivity index (χ0n) is 11.2. The average molecular weight is 314 g/mol. The monoisotopic (exact) mass is 314 g/mol. The van der Waals surface area contributed by atoms with Crippen LogP contribution < -0.4 is 5.32 Å². The van der Waals surface area contributed by atoms with Gasteiger partial charge in [-0.15, -0.1) is 0 Å². The summed E-state index contributed by atoms with van der Waals surface area (Å²) in [5.41, 5.74) is 0. The summed E-state index contributed by atoms with van der Waals surface area (Å²) in [4.78, 5) is 35.3. The maximum absolute atomic E-state index is 11.6. The Balaban J connectivity index is 1.54. The van der Waals surface area contributed by atoms with Crippen molar-refractivity contribution in [2.75, 3.05) is 18.8 Å². The van der Waals surface area contributed by atoms with Gasteiger partial charge in [-0.3, -0.25) is 19.3 Å². The van der Waals surface area contributed by atoms with Crippen molar-refractivity contribution in [2.45, 2.75) is 30.9 Å². The van der Waals surface area contributed by atoms with E-state index in [1.807, 2.05) is 21.6 Å². The van der Waals surface area contributed by atoms with Gasteiger partial charge in [-0.05, 0) is 19.3 Å². The second kappa shape index (κ2) is 7.73. The highest BCUT2D eigenvalue weighted by Gasteiger charge is 2.22. The first-order valence-corrected chi connectivity index (χ1v) is 9.13. The van der Waals surface area contributed by atoms with Gasteiger partial charge in [-0.25, -0.2) is 0 Å². The summed E-state index contributed by atoms with van der Waals surface area (Å²) in [6, 6.07) is 0. The second-order valence-electron chi connectivity index (χ2n) is 4.73. The molecule has 0 aromatic heterocycles. The fourth-order valence-electron chi connectivity index (χ4n) is 2.10. The van der Waals surface area contributed by atoms with Gasteiger partial charge in [0.1, 0.15) is 0 Å². The Labute approximate surface area is 126 Å². The van der Waals surface area contributed by atoms with E-state index in [1.165, 1.54) is 24.3 Å². The van der Waals surface area contributed by atoms with Crippen LogP contribution in [0.4, 0.5) is 0 Å². The summed E-state index contributed by atoms with van der Waals surface area (Å²) >= 11 is 0. The smallest absolute Gasteiger partial charge is 0.253 e. The van der Waals surface area contributed by atoms with E-state index >= 15 is 0 Å². The Morgan fingerprint density at radius 1 is 1.35 bits per heavy atom. The number of amides is 3. The van der Waals surface area contributed by atoms with Gasteiger partial charge in [0.15, 0.2) is 0 Å². The summed E-state index contributed by atoms with van der Waals surface area (Å²) in [5, 5.41) is 3.44. The molecule has 0 bridgehead atoms. The minimum atomic E-state index is -0.306. The third kappa shape index (κ3) is 4.56. The Hall–Kier alpha value is -0.950. The number of carbonyl (C=O) groups excluding carboxylic acids is 3. The standard InChI is InChI=1S/C13H18N2O3S2/c16-11(3-1-2-10-6-9-19-20-10)14-7-8-15-12(17)4-5-13(15)18/h4-5,10H,1-3,6-9H2,(H,14,16). The van der Waals surface area contributed by atoms with Crippen LogP contribution in [0.1, 0.15) is 25.7 Å². The number of nitrogens with zero attached hydrogens (tertiary/aromatic N) is 1. The zero-order chi connectivity index (χ0) is 14.4. The molecule has 110 valence electrons. The van der Waals surface area contributed by atoms with Gasteiger partial charge in [0, 0.05) is 42.7 Å². The van der Waals surface area contributed by atoms with Crippen LogP contribution in [-0.4, -0.2) is 46.7 Å². The molecule has 0 aromatic rings. The zero-order valence-corrected chi connectivity index (χ0v) is 12.8. The average Bonchev–Trinajstić information content (AvgIpc) is 3.03.